The zero-order chi connectivity index (χ0) is 8.27. The number of likely N-dealkylation sites (tertiary alicyclic amines) is 1. The first-order valence-corrected chi connectivity index (χ1v) is 4.94. The Kier molecular flexibility index (Phi) is 3.38. The van der Waals surface area contributed by atoms with Crippen LogP contribution in [-0.2, 0) is 0 Å². The largest absolute Gasteiger partial charge is 0.301 e. The van der Waals surface area contributed by atoms with Crippen molar-refractivity contribution in [2.45, 2.75) is 46.1 Å². The van der Waals surface area contributed by atoms with Crippen LogP contribution in [0, 0.1) is 5.92 Å². The Morgan fingerprint density at radius 3 is 2.55 bits per heavy atom. The molecule has 11 heavy (non-hydrogen) atoms. The Labute approximate surface area is 70.8 Å². The van der Waals surface area contributed by atoms with E-state index >= 15 is 0 Å². The molecule has 1 saturated heterocycles. The molecule has 0 aromatic heterocycles. The van der Waals surface area contributed by atoms with Crippen molar-refractivity contribution in [2.75, 3.05) is 13.1 Å². The van der Waals surface area contributed by atoms with Gasteiger partial charge in [-0.1, -0.05) is 6.92 Å². The summed E-state index contributed by atoms with van der Waals surface area (Å²) in [7, 11) is 0. The molecular weight excluding hydrogens is 134 g/mol. The number of hydrogen-bond acceptors (Lipinski definition) is 1. The van der Waals surface area contributed by atoms with Gasteiger partial charge < -0.3 is 4.90 Å². The van der Waals surface area contributed by atoms with Crippen LogP contribution in [0.1, 0.15) is 40.0 Å². The summed E-state index contributed by atoms with van der Waals surface area (Å²) < 4.78 is 0. The van der Waals surface area contributed by atoms with Crippen molar-refractivity contribution in [2.24, 2.45) is 5.92 Å². The van der Waals surface area contributed by atoms with Gasteiger partial charge in [0.25, 0.3) is 0 Å². The lowest BCUT2D eigenvalue weighted by atomic mass is 10.0. The maximum Gasteiger partial charge on any atom is 0.00385 e. The summed E-state index contributed by atoms with van der Waals surface area (Å²) in [4.78, 5) is 2.60. The van der Waals surface area contributed by atoms with E-state index < -0.39 is 0 Å². The predicted molar refractivity (Wildman–Crippen MR) is 49.7 cm³/mol. The summed E-state index contributed by atoms with van der Waals surface area (Å²) in [5.41, 5.74) is 0. The van der Waals surface area contributed by atoms with Gasteiger partial charge in [-0.25, -0.2) is 0 Å². The molecule has 1 aliphatic rings. The molecular formula is C10H21N. The molecule has 0 aromatic carbocycles. The first-order chi connectivity index (χ1) is 5.20. The molecule has 66 valence electrons. The van der Waals surface area contributed by atoms with Crippen molar-refractivity contribution in [3.63, 3.8) is 0 Å². The topological polar surface area (TPSA) is 3.24 Å². The molecule has 1 heteroatoms. The molecule has 0 amide bonds. The number of rotatable bonds is 1. The molecule has 0 aromatic rings. The fraction of sp³-hybridized carbons (Fsp3) is 1.00. The molecule has 0 saturated carbocycles. The van der Waals surface area contributed by atoms with Gasteiger partial charge >= 0.3 is 0 Å². The zero-order valence-electron chi connectivity index (χ0n) is 8.14. The molecule has 1 unspecified atom stereocenters. The summed E-state index contributed by atoms with van der Waals surface area (Å²) in [5, 5.41) is 0. The van der Waals surface area contributed by atoms with Gasteiger partial charge in [0.05, 0.1) is 0 Å². The van der Waals surface area contributed by atoms with Crippen molar-refractivity contribution in [3.05, 3.63) is 0 Å². The minimum atomic E-state index is 0.750. The average Bonchev–Trinajstić information content (AvgIpc) is 2.13. The van der Waals surface area contributed by atoms with E-state index in [1.807, 2.05) is 0 Å². The minimum absolute atomic E-state index is 0.750. The second-order valence-electron chi connectivity index (χ2n) is 4.17. The van der Waals surface area contributed by atoms with Gasteiger partial charge in [-0.2, -0.15) is 0 Å². The maximum absolute atomic E-state index is 2.60. The van der Waals surface area contributed by atoms with Crippen molar-refractivity contribution in [1.82, 2.24) is 4.90 Å². The molecule has 1 atom stereocenters. The second-order valence-corrected chi connectivity index (χ2v) is 4.17. The molecule has 1 aliphatic heterocycles. The predicted octanol–water partition coefficient (Wildman–Crippen LogP) is 2.52. The van der Waals surface area contributed by atoms with Crippen molar-refractivity contribution in [3.8, 4) is 0 Å². The molecule has 1 heterocycles. The van der Waals surface area contributed by atoms with Crippen LogP contribution in [0.25, 0.3) is 0 Å². The Balaban J connectivity index is 2.34. The third kappa shape index (κ3) is 2.82. The lowest BCUT2D eigenvalue weighted by Gasteiger charge is -2.24. The standard InChI is InChI=1S/C10H21N/c1-9(2)11-7-4-5-10(3)6-8-11/h9-10H,4-8H2,1-3H3. The van der Waals surface area contributed by atoms with E-state index in [4.69, 9.17) is 0 Å². The molecule has 0 N–H and O–H groups in total. The van der Waals surface area contributed by atoms with E-state index in [9.17, 15) is 0 Å². The number of hydrogen-bond donors (Lipinski definition) is 0. The molecule has 1 fully saturated rings. The van der Waals surface area contributed by atoms with Crippen LogP contribution in [0.5, 0.6) is 0 Å². The Morgan fingerprint density at radius 2 is 1.91 bits per heavy atom. The summed E-state index contributed by atoms with van der Waals surface area (Å²) in [5.74, 6) is 0.957. The van der Waals surface area contributed by atoms with Gasteiger partial charge in [0.2, 0.25) is 0 Å². The van der Waals surface area contributed by atoms with E-state index in [-0.39, 0.29) is 0 Å². The van der Waals surface area contributed by atoms with Crippen LogP contribution < -0.4 is 0 Å². The van der Waals surface area contributed by atoms with E-state index in [1.165, 1.54) is 32.4 Å². The zero-order valence-corrected chi connectivity index (χ0v) is 8.14. The Morgan fingerprint density at radius 1 is 1.18 bits per heavy atom. The van der Waals surface area contributed by atoms with Crippen LogP contribution in [0.15, 0.2) is 0 Å². The lowest BCUT2D eigenvalue weighted by molar-refractivity contribution is 0.228. The van der Waals surface area contributed by atoms with Crippen LogP contribution in [0.2, 0.25) is 0 Å². The van der Waals surface area contributed by atoms with Crippen molar-refractivity contribution >= 4 is 0 Å². The summed E-state index contributed by atoms with van der Waals surface area (Å²) in [6.45, 7) is 9.62. The maximum atomic E-state index is 2.60. The summed E-state index contributed by atoms with van der Waals surface area (Å²) >= 11 is 0. The van der Waals surface area contributed by atoms with Gasteiger partial charge in [0.1, 0.15) is 0 Å². The highest BCUT2D eigenvalue weighted by Crippen LogP contribution is 2.17. The van der Waals surface area contributed by atoms with Gasteiger partial charge in [-0.05, 0) is 52.1 Å². The Bertz CT molecular complexity index is 109. The normalized spacial score (nSPS) is 28.9. The van der Waals surface area contributed by atoms with Crippen LogP contribution >= 0.6 is 0 Å². The van der Waals surface area contributed by atoms with Crippen molar-refractivity contribution < 1.29 is 0 Å². The first kappa shape index (κ1) is 9.05. The second kappa shape index (κ2) is 4.10. The van der Waals surface area contributed by atoms with Crippen molar-refractivity contribution in [1.29, 1.82) is 0 Å². The first-order valence-electron chi connectivity index (χ1n) is 4.94. The molecule has 1 nitrogen and oxygen atoms in total. The molecule has 0 radical (unpaired) electrons. The fourth-order valence-corrected chi connectivity index (χ4v) is 1.80. The molecule has 0 aliphatic carbocycles. The van der Waals surface area contributed by atoms with E-state index in [0.717, 1.165) is 12.0 Å². The molecule has 0 bridgehead atoms. The molecule has 0 spiro atoms. The highest BCUT2D eigenvalue weighted by Gasteiger charge is 2.14. The van der Waals surface area contributed by atoms with Crippen LogP contribution in [-0.4, -0.2) is 24.0 Å². The number of nitrogens with zero attached hydrogens (tertiary/aromatic N) is 1. The van der Waals surface area contributed by atoms with E-state index in [0.29, 0.717) is 0 Å². The SMILES string of the molecule is CC1CCCN(C(C)C)CC1. The Hall–Kier alpha value is -0.0400. The van der Waals surface area contributed by atoms with E-state index in [2.05, 4.69) is 25.7 Å². The quantitative estimate of drug-likeness (QED) is 0.562. The summed E-state index contributed by atoms with van der Waals surface area (Å²) in [6.07, 6.45) is 4.24. The van der Waals surface area contributed by atoms with Gasteiger partial charge in [0.15, 0.2) is 0 Å². The lowest BCUT2D eigenvalue weighted by Crippen LogP contribution is -2.31. The monoisotopic (exact) mass is 155 g/mol. The smallest absolute Gasteiger partial charge is 0.00385 e. The summed E-state index contributed by atoms with van der Waals surface area (Å²) in [6, 6.07) is 0.750. The van der Waals surface area contributed by atoms with E-state index in [1.54, 1.807) is 0 Å². The highest BCUT2D eigenvalue weighted by atomic mass is 15.1. The highest BCUT2D eigenvalue weighted by molar-refractivity contribution is 4.69. The minimum Gasteiger partial charge on any atom is -0.301 e. The van der Waals surface area contributed by atoms with Gasteiger partial charge in [-0.3, -0.25) is 0 Å². The van der Waals surface area contributed by atoms with Gasteiger partial charge in [-0.15, -0.1) is 0 Å². The van der Waals surface area contributed by atoms with Crippen LogP contribution in [0.3, 0.4) is 0 Å². The third-order valence-corrected chi connectivity index (χ3v) is 2.78. The third-order valence-electron chi connectivity index (χ3n) is 2.78. The molecule has 1 rings (SSSR count). The average molecular weight is 155 g/mol. The van der Waals surface area contributed by atoms with Crippen LogP contribution in [0.4, 0.5) is 0 Å². The van der Waals surface area contributed by atoms with Gasteiger partial charge in [0, 0.05) is 6.04 Å². The fourth-order valence-electron chi connectivity index (χ4n) is 1.80.